The van der Waals surface area contributed by atoms with Crippen molar-refractivity contribution in [2.75, 3.05) is 13.1 Å². The zero-order valence-corrected chi connectivity index (χ0v) is 7.99. The van der Waals surface area contributed by atoms with Crippen molar-refractivity contribution >= 4 is 11.9 Å². The largest absolute Gasteiger partial charge is 0.480 e. The number of rotatable bonds is 5. The Bertz CT molecular complexity index is 211. The summed E-state index contributed by atoms with van der Waals surface area (Å²) >= 11 is 0. The lowest BCUT2D eigenvalue weighted by Gasteiger charge is -2.20. The van der Waals surface area contributed by atoms with Crippen LogP contribution < -0.4 is 0 Å². The summed E-state index contributed by atoms with van der Waals surface area (Å²) in [4.78, 5) is 22.8. The van der Waals surface area contributed by atoms with Crippen molar-refractivity contribution in [3.63, 3.8) is 0 Å². The third kappa shape index (κ3) is 5.00. The molecule has 0 aromatic carbocycles. The SMILES string of the molecule is C=CC(=O)N(CC(=O)O)CC(C)C. The van der Waals surface area contributed by atoms with E-state index in [1.807, 2.05) is 13.8 Å². The average molecular weight is 185 g/mol. The van der Waals surface area contributed by atoms with Gasteiger partial charge in [-0.05, 0) is 12.0 Å². The van der Waals surface area contributed by atoms with Crippen molar-refractivity contribution in [1.82, 2.24) is 4.90 Å². The first-order valence-electron chi connectivity index (χ1n) is 4.10. The third-order valence-electron chi connectivity index (χ3n) is 1.40. The lowest BCUT2D eigenvalue weighted by atomic mass is 10.2. The molecule has 0 aromatic rings. The highest BCUT2D eigenvalue weighted by Crippen LogP contribution is 1.99. The molecule has 0 aliphatic rings. The second-order valence-corrected chi connectivity index (χ2v) is 3.21. The molecule has 0 aliphatic carbocycles. The first-order valence-corrected chi connectivity index (χ1v) is 4.10. The van der Waals surface area contributed by atoms with Crippen LogP contribution in [0.4, 0.5) is 0 Å². The summed E-state index contributed by atoms with van der Waals surface area (Å²) in [5, 5.41) is 8.51. The van der Waals surface area contributed by atoms with Crippen LogP contribution in [0.1, 0.15) is 13.8 Å². The summed E-state index contributed by atoms with van der Waals surface area (Å²) in [5.41, 5.74) is 0. The Morgan fingerprint density at radius 1 is 1.54 bits per heavy atom. The van der Waals surface area contributed by atoms with E-state index in [4.69, 9.17) is 5.11 Å². The van der Waals surface area contributed by atoms with E-state index in [2.05, 4.69) is 6.58 Å². The Balaban J connectivity index is 4.26. The maximum Gasteiger partial charge on any atom is 0.323 e. The van der Waals surface area contributed by atoms with Crippen molar-refractivity contribution in [2.45, 2.75) is 13.8 Å². The number of hydrogen-bond donors (Lipinski definition) is 1. The van der Waals surface area contributed by atoms with Crippen molar-refractivity contribution in [1.29, 1.82) is 0 Å². The Hall–Kier alpha value is -1.32. The van der Waals surface area contributed by atoms with Crippen molar-refractivity contribution in [3.05, 3.63) is 12.7 Å². The molecule has 1 amide bonds. The third-order valence-corrected chi connectivity index (χ3v) is 1.40. The number of carbonyl (C=O) groups is 2. The number of carboxylic acids is 1. The fourth-order valence-electron chi connectivity index (χ4n) is 0.966. The van der Waals surface area contributed by atoms with Crippen LogP contribution in [0.25, 0.3) is 0 Å². The lowest BCUT2D eigenvalue weighted by molar-refractivity contribution is -0.143. The molecule has 0 saturated carbocycles. The predicted molar refractivity (Wildman–Crippen MR) is 49.3 cm³/mol. The molecule has 1 N–H and O–H groups in total. The van der Waals surface area contributed by atoms with E-state index in [1.54, 1.807) is 0 Å². The Morgan fingerprint density at radius 2 is 2.08 bits per heavy atom. The second-order valence-electron chi connectivity index (χ2n) is 3.21. The van der Waals surface area contributed by atoms with Gasteiger partial charge in [0.25, 0.3) is 0 Å². The Labute approximate surface area is 77.8 Å². The highest BCUT2D eigenvalue weighted by Gasteiger charge is 2.14. The van der Waals surface area contributed by atoms with Gasteiger partial charge in [0, 0.05) is 6.54 Å². The zero-order valence-electron chi connectivity index (χ0n) is 7.99. The molecule has 0 fully saturated rings. The van der Waals surface area contributed by atoms with Gasteiger partial charge in [0.2, 0.25) is 5.91 Å². The molecule has 0 spiro atoms. The van der Waals surface area contributed by atoms with Crippen molar-refractivity contribution in [3.8, 4) is 0 Å². The molecular weight excluding hydrogens is 170 g/mol. The normalized spacial score (nSPS) is 9.77. The molecule has 4 nitrogen and oxygen atoms in total. The quantitative estimate of drug-likeness (QED) is 0.643. The zero-order chi connectivity index (χ0) is 10.4. The van der Waals surface area contributed by atoms with E-state index in [0.29, 0.717) is 6.54 Å². The summed E-state index contributed by atoms with van der Waals surface area (Å²) in [5.74, 6) is -1.09. The standard InChI is InChI=1S/C9H15NO3/c1-4-8(11)10(5-7(2)3)6-9(12)13/h4,7H,1,5-6H2,2-3H3,(H,12,13). The number of carboxylic acid groups (broad SMARTS) is 1. The Kier molecular flexibility index (Phi) is 4.80. The van der Waals surface area contributed by atoms with Crippen LogP contribution in [0.2, 0.25) is 0 Å². The molecule has 0 saturated heterocycles. The minimum atomic E-state index is -1.00. The van der Waals surface area contributed by atoms with Crippen LogP contribution >= 0.6 is 0 Å². The maximum absolute atomic E-state index is 11.1. The molecule has 0 radical (unpaired) electrons. The smallest absolute Gasteiger partial charge is 0.323 e. The molecule has 13 heavy (non-hydrogen) atoms. The molecule has 0 heterocycles. The minimum Gasteiger partial charge on any atom is -0.480 e. The molecule has 0 rings (SSSR count). The van der Waals surface area contributed by atoms with E-state index >= 15 is 0 Å². The molecule has 0 aliphatic heterocycles. The maximum atomic E-state index is 11.1. The predicted octanol–water partition coefficient (Wildman–Crippen LogP) is 0.742. The van der Waals surface area contributed by atoms with Gasteiger partial charge in [-0.3, -0.25) is 9.59 Å². The van der Waals surface area contributed by atoms with Gasteiger partial charge in [0.05, 0.1) is 0 Å². The molecule has 0 aromatic heterocycles. The number of aliphatic carboxylic acids is 1. The first-order chi connectivity index (χ1) is 5.97. The summed E-state index contributed by atoms with van der Waals surface area (Å²) in [6, 6.07) is 0. The number of amides is 1. The van der Waals surface area contributed by atoms with E-state index < -0.39 is 5.97 Å². The average Bonchev–Trinajstić information content (AvgIpc) is 2.00. The van der Waals surface area contributed by atoms with Gasteiger partial charge in [-0.15, -0.1) is 0 Å². The summed E-state index contributed by atoms with van der Waals surface area (Å²) < 4.78 is 0. The van der Waals surface area contributed by atoms with E-state index in [1.165, 1.54) is 4.90 Å². The molecular formula is C9H15NO3. The molecule has 0 unspecified atom stereocenters. The van der Waals surface area contributed by atoms with E-state index in [0.717, 1.165) is 6.08 Å². The van der Waals surface area contributed by atoms with Crippen molar-refractivity contribution in [2.24, 2.45) is 5.92 Å². The van der Waals surface area contributed by atoms with Crippen LogP contribution in [-0.4, -0.2) is 35.0 Å². The highest BCUT2D eigenvalue weighted by atomic mass is 16.4. The fourth-order valence-corrected chi connectivity index (χ4v) is 0.966. The van der Waals surface area contributed by atoms with Crippen molar-refractivity contribution < 1.29 is 14.7 Å². The van der Waals surface area contributed by atoms with Crippen LogP contribution in [0.3, 0.4) is 0 Å². The number of hydrogen-bond acceptors (Lipinski definition) is 2. The van der Waals surface area contributed by atoms with Gasteiger partial charge in [0.1, 0.15) is 6.54 Å². The summed E-state index contributed by atoms with van der Waals surface area (Å²) in [6.45, 7) is 7.34. The topological polar surface area (TPSA) is 57.6 Å². The highest BCUT2D eigenvalue weighted by molar-refractivity contribution is 5.89. The molecule has 0 atom stereocenters. The second kappa shape index (κ2) is 5.35. The van der Waals surface area contributed by atoms with Crippen LogP contribution in [0, 0.1) is 5.92 Å². The lowest BCUT2D eigenvalue weighted by Crippen LogP contribution is -2.37. The van der Waals surface area contributed by atoms with Gasteiger partial charge < -0.3 is 10.0 Å². The fraction of sp³-hybridized carbons (Fsp3) is 0.556. The van der Waals surface area contributed by atoms with E-state index in [-0.39, 0.29) is 18.4 Å². The van der Waals surface area contributed by atoms with Gasteiger partial charge in [-0.25, -0.2) is 0 Å². The number of nitrogens with zero attached hydrogens (tertiary/aromatic N) is 1. The monoisotopic (exact) mass is 185 g/mol. The van der Waals surface area contributed by atoms with Crippen LogP contribution in [0.5, 0.6) is 0 Å². The summed E-state index contributed by atoms with van der Waals surface area (Å²) in [7, 11) is 0. The van der Waals surface area contributed by atoms with Gasteiger partial charge in [-0.2, -0.15) is 0 Å². The summed E-state index contributed by atoms with van der Waals surface area (Å²) in [6.07, 6.45) is 1.13. The Morgan fingerprint density at radius 3 is 2.38 bits per heavy atom. The van der Waals surface area contributed by atoms with Gasteiger partial charge in [-0.1, -0.05) is 20.4 Å². The molecule has 4 heteroatoms. The van der Waals surface area contributed by atoms with Crippen LogP contribution in [0.15, 0.2) is 12.7 Å². The number of carbonyl (C=O) groups excluding carboxylic acids is 1. The molecule has 74 valence electrons. The van der Waals surface area contributed by atoms with Crippen LogP contribution in [-0.2, 0) is 9.59 Å². The minimum absolute atomic E-state index is 0.253. The van der Waals surface area contributed by atoms with E-state index in [9.17, 15) is 9.59 Å². The molecule has 0 bridgehead atoms. The van der Waals surface area contributed by atoms with Gasteiger partial charge in [0.15, 0.2) is 0 Å². The first kappa shape index (κ1) is 11.7. The van der Waals surface area contributed by atoms with Gasteiger partial charge >= 0.3 is 5.97 Å².